The predicted octanol–water partition coefficient (Wildman–Crippen LogP) is 3.00. The monoisotopic (exact) mass is 206 g/mol. The molecule has 0 aliphatic carbocycles. The average Bonchev–Trinajstić information content (AvgIpc) is 1.65. The fraction of sp³-hybridized carbons (Fsp3) is 0.333. The van der Waals surface area contributed by atoms with E-state index in [-0.39, 0.29) is 10.4 Å². The lowest BCUT2D eigenvalue weighted by Crippen LogP contribution is -1.69. The Kier molecular flexibility index (Phi) is 4.08. The first-order valence-electron chi connectivity index (χ1n) is 1.44. The molecule has 0 saturated heterocycles. The minimum absolute atomic E-state index is 0.00154. The second-order valence-electron chi connectivity index (χ2n) is 0.799. The SMILES string of the molecule is FC(Cl)=C(Cl)CBr. The minimum Gasteiger partial charge on any atom is -0.192 e. The van der Waals surface area contributed by atoms with E-state index in [1.165, 1.54) is 0 Å². The first-order valence-corrected chi connectivity index (χ1v) is 3.32. The molecule has 0 aromatic carbocycles. The van der Waals surface area contributed by atoms with Crippen molar-refractivity contribution >= 4 is 39.1 Å². The van der Waals surface area contributed by atoms with E-state index in [2.05, 4.69) is 15.9 Å². The number of hydrogen-bond acceptors (Lipinski definition) is 0. The Labute approximate surface area is 59.4 Å². The Hall–Kier alpha value is 0.730. The van der Waals surface area contributed by atoms with Gasteiger partial charge in [-0.15, -0.1) is 0 Å². The fourth-order valence-electron chi connectivity index (χ4n) is 0.0505. The van der Waals surface area contributed by atoms with Gasteiger partial charge in [-0.1, -0.05) is 27.5 Å². The van der Waals surface area contributed by atoms with E-state index in [0.717, 1.165) is 0 Å². The molecular weight excluding hydrogens is 206 g/mol. The van der Waals surface area contributed by atoms with Crippen LogP contribution in [0.5, 0.6) is 0 Å². The van der Waals surface area contributed by atoms with Crippen molar-refractivity contribution in [1.29, 1.82) is 0 Å². The van der Waals surface area contributed by atoms with Crippen LogP contribution in [0.1, 0.15) is 0 Å². The number of hydrogen-bond donors (Lipinski definition) is 0. The molecule has 0 fully saturated rings. The average molecular weight is 208 g/mol. The third-order valence-electron chi connectivity index (χ3n) is 0.322. The Morgan fingerprint density at radius 2 is 2.00 bits per heavy atom. The van der Waals surface area contributed by atoms with Crippen LogP contribution in [0.2, 0.25) is 0 Å². The first-order chi connectivity index (χ1) is 3.18. The Morgan fingerprint density at radius 3 is 2.00 bits per heavy atom. The molecule has 4 heteroatoms. The molecule has 42 valence electrons. The maximum absolute atomic E-state index is 11.6. The van der Waals surface area contributed by atoms with Crippen molar-refractivity contribution in [3.63, 3.8) is 0 Å². The normalized spacial score (nSPS) is 13.7. The van der Waals surface area contributed by atoms with Gasteiger partial charge < -0.3 is 0 Å². The zero-order valence-corrected chi connectivity index (χ0v) is 6.32. The number of alkyl halides is 1. The highest BCUT2D eigenvalue weighted by Gasteiger charge is 1.94. The summed E-state index contributed by atoms with van der Waals surface area (Å²) in [6.45, 7) is 0. The summed E-state index contributed by atoms with van der Waals surface area (Å²) in [5.74, 6) is 0. The van der Waals surface area contributed by atoms with E-state index in [1.807, 2.05) is 0 Å². The second kappa shape index (κ2) is 3.70. The number of halogens is 4. The lowest BCUT2D eigenvalue weighted by Gasteiger charge is -1.83. The van der Waals surface area contributed by atoms with E-state index in [9.17, 15) is 4.39 Å². The van der Waals surface area contributed by atoms with Crippen molar-refractivity contribution in [2.75, 3.05) is 5.33 Å². The fourth-order valence-corrected chi connectivity index (χ4v) is 0.525. The molecule has 0 N–H and O–H groups in total. The third-order valence-corrected chi connectivity index (χ3v) is 1.83. The van der Waals surface area contributed by atoms with Crippen LogP contribution in [-0.4, -0.2) is 5.33 Å². The highest BCUT2D eigenvalue weighted by Crippen LogP contribution is 2.15. The standard InChI is InChI=1S/C3H2BrCl2F/c4-1-2(5)3(6)7/h1H2. The Balaban J connectivity index is 3.72. The molecule has 0 bridgehead atoms. The van der Waals surface area contributed by atoms with E-state index in [0.29, 0.717) is 0 Å². The van der Waals surface area contributed by atoms with Gasteiger partial charge in [0.2, 0.25) is 5.29 Å². The molecule has 0 atom stereocenters. The van der Waals surface area contributed by atoms with Crippen LogP contribution in [0.4, 0.5) is 4.39 Å². The molecule has 0 aliphatic rings. The number of allylic oxidation sites excluding steroid dienone is 1. The molecule has 7 heavy (non-hydrogen) atoms. The van der Waals surface area contributed by atoms with Crippen molar-refractivity contribution in [2.24, 2.45) is 0 Å². The molecular formula is C3H2BrCl2F. The van der Waals surface area contributed by atoms with E-state index >= 15 is 0 Å². The summed E-state index contributed by atoms with van der Waals surface area (Å²) in [5.41, 5.74) is 0. The van der Waals surface area contributed by atoms with E-state index in [1.54, 1.807) is 0 Å². The van der Waals surface area contributed by atoms with Crippen molar-refractivity contribution < 1.29 is 4.39 Å². The van der Waals surface area contributed by atoms with Gasteiger partial charge in [0.1, 0.15) is 0 Å². The van der Waals surface area contributed by atoms with E-state index in [4.69, 9.17) is 23.2 Å². The van der Waals surface area contributed by atoms with Gasteiger partial charge in [0.05, 0.1) is 5.03 Å². The number of rotatable bonds is 1. The molecule has 0 aliphatic heterocycles. The van der Waals surface area contributed by atoms with Gasteiger partial charge >= 0.3 is 0 Å². The molecule has 0 aromatic rings. The maximum atomic E-state index is 11.6. The summed E-state index contributed by atoms with van der Waals surface area (Å²) in [6.07, 6.45) is 0. The minimum atomic E-state index is -0.849. The summed E-state index contributed by atoms with van der Waals surface area (Å²) < 4.78 is 11.6. The lowest BCUT2D eigenvalue weighted by atomic mass is 10.7. The molecule has 0 amide bonds. The Bertz CT molecular complexity index is 86.9. The third kappa shape index (κ3) is 3.32. The van der Waals surface area contributed by atoms with Crippen molar-refractivity contribution in [2.45, 2.75) is 0 Å². The van der Waals surface area contributed by atoms with Crippen LogP contribution in [0.3, 0.4) is 0 Å². The van der Waals surface area contributed by atoms with Crippen molar-refractivity contribution in [1.82, 2.24) is 0 Å². The van der Waals surface area contributed by atoms with Crippen LogP contribution in [-0.2, 0) is 0 Å². The maximum Gasteiger partial charge on any atom is 0.204 e. The van der Waals surface area contributed by atoms with Gasteiger partial charge in [-0.2, -0.15) is 4.39 Å². The van der Waals surface area contributed by atoms with Crippen LogP contribution in [0.25, 0.3) is 0 Å². The molecule has 0 rings (SSSR count). The first kappa shape index (κ1) is 7.73. The lowest BCUT2D eigenvalue weighted by molar-refractivity contribution is 0.690. The molecule has 0 radical (unpaired) electrons. The van der Waals surface area contributed by atoms with E-state index < -0.39 is 5.29 Å². The molecule has 0 nitrogen and oxygen atoms in total. The second-order valence-corrected chi connectivity index (χ2v) is 2.15. The van der Waals surface area contributed by atoms with Crippen LogP contribution < -0.4 is 0 Å². The van der Waals surface area contributed by atoms with Gasteiger partial charge in [0.15, 0.2) is 0 Å². The predicted molar refractivity (Wildman–Crippen MR) is 33.6 cm³/mol. The van der Waals surface area contributed by atoms with Crippen molar-refractivity contribution in [3.8, 4) is 0 Å². The quantitative estimate of drug-likeness (QED) is 0.581. The summed E-state index contributed by atoms with van der Waals surface area (Å²) in [5, 5.41) is -0.579. The van der Waals surface area contributed by atoms with Gasteiger partial charge in [-0.25, -0.2) is 0 Å². The molecule has 0 saturated carbocycles. The highest BCUT2D eigenvalue weighted by atomic mass is 79.9. The van der Waals surface area contributed by atoms with Crippen LogP contribution >= 0.6 is 39.1 Å². The molecule has 0 unspecified atom stereocenters. The smallest absolute Gasteiger partial charge is 0.192 e. The van der Waals surface area contributed by atoms with Gasteiger partial charge in [-0.05, 0) is 11.6 Å². The zero-order chi connectivity index (χ0) is 5.86. The molecule has 0 spiro atoms. The van der Waals surface area contributed by atoms with Crippen LogP contribution in [0.15, 0.2) is 10.3 Å². The van der Waals surface area contributed by atoms with Crippen LogP contribution in [0, 0.1) is 0 Å². The zero-order valence-electron chi connectivity index (χ0n) is 3.22. The molecule has 0 aromatic heterocycles. The van der Waals surface area contributed by atoms with Crippen molar-refractivity contribution in [3.05, 3.63) is 10.3 Å². The van der Waals surface area contributed by atoms with Gasteiger partial charge in [0.25, 0.3) is 0 Å². The highest BCUT2D eigenvalue weighted by molar-refractivity contribution is 9.09. The van der Waals surface area contributed by atoms with Gasteiger partial charge in [0, 0.05) is 5.33 Å². The Morgan fingerprint density at radius 1 is 1.57 bits per heavy atom. The largest absolute Gasteiger partial charge is 0.204 e. The van der Waals surface area contributed by atoms with Gasteiger partial charge in [-0.3, -0.25) is 0 Å². The summed E-state index contributed by atoms with van der Waals surface area (Å²) in [6, 6.07) is 0. The summed E-state index contributed by atoms with van der Waals surface area (Å²) in [7, 11) is 0. The summed E-state index contributed by atoms with van der Waals surface area (Å²) >= 11 is 12.8. The summed E-state index contributed by atoms with van der Waals surface area (Å²) in [4.78, 5) is 0. The topological polar surface area (TPSA) is 0 Å². The molecule has 0 heterocycles.